The van der Waals surface area contributed by atoms with E-state index in [9.17, 15) is 4.79 Å². The minimum Gasteiger partial charge on any atom is -0.466 e. The van der Waals surface area contributed by atoms with Gasteiger partial charge in [-0.25, -0.2) is 0 Å². The number of carbonyl (C=O) groups is 1. The Morgan fingerprint density at radius 2 is 1.92 bits per heavy atom. The number of rotatable bonds is 3. The van der Waals surface area contributed by atoms with Gasteiger partial charge in [0.2, 0.25) is 0 Å². The van der Waals surface area contributed by atoms with Gasteiger partial charge in [-0.1, -0.05) is 30.3 Å². The highest BCUT2D eigenvalue weighted by Crippen LogP contribution is 1.99. The second-order valence-electron chi connectivity index (χ2n) is 2.58. The largest absolute Gasteiger partial charge is 0.466 e. The van der Waals surface area contributed by atoms with E-state index < -0.39 is 0 Å². The van der Waals surface area contributed by atoms with E-state index in [0.29, 0.717) is 6.61 Å². The zero-order valence-electron chi connectivity index (χ0n) is 7.53. The van der Waals surface area contributed by atoms with Crippen molar-refractivity contribution < 1.29 is 9.53 Å². The Morgan fingerprint density at radius 1 is 1.31 bits per heavy atom. The Kier molecular flexibility index (Phi) is 5.98. The van der Waals surface area contributed by atoms with Crippen molar-refractivity contribution >= 4 is 18.4 Å². The molecule has 2 nitrogen and oxygen atoms in total. The summed E-state index contributed by atoms with van der Waals surface area (Å²) in [5, 5.41) is 0. The molecular formula is C10H13ClO2. The first-order valence-electron chi connectivity index (χ1n) is 3.96. The van der Waals surface area contributed by atoms with E-state index in [4.69, 9.17) is 4.74 Å². The van der Waals surface area contributed by atoms with Gasteiger partial charge in [0.25, 0.3) is 0 Å². The lowest BCUT2D eigenvalue weighted by Gasteiger charge is -2.00. The summed E-state index contributed by atoms with van der Waals surface area (Å²) < 4.78 is 4.81. The van der Waals surface area contributed by atoms with E-state index >= 15 is 0 Å². The first-order valence-corrected chi connectivity index (χ1v) is 3.96. The molecule has 0 fully saturated rings. The van der Waals surface area contributed by atoms with Crippen LogP contribution < -0.4 is 0 Å². The van der Waals surface area contributed by atoms with Gasteiger partial charge in [0.1, 0.15) is 0 Å². The summed E-state index contributed by atoms with van der Waals surface area (Å²) in [4.78, 5) is 10.4. The highest BCUT2D eigenvalue weighted by atomic mass is 35.5. The molecular weight excluding hydrogens is 188 g/mol. The van der Waals surface area contributed by atoms with Gasteiger partial charge in [0.15, 0.2) is 0 Å². The highest BCUT2D eigenvalue weighted by molar-refractivity contribution is 5.85. The predicted octanol–water partition coefficient (Wildman–Crippen LogP) is 2.21. The van der Waals surface area contributed by atoms with Crippen LogP contribution in [0, 0.1) is 0 Å². The van der Waals surface area contributed by atoms with Crippen molar-refractivity contribution in [3.8, 4) is 0 Å². The molecule has 0 radical (unpaired) electrons. The van der Waals surface area contributed by atoms with Crippen molar-refractivity contribution in [2.45, 2.75) is 13.3 Å². The van der Waals surface area contributed by atoms with E-state index in [-0.39, 0.29) is 18.4 Å². The molecule has 1 rings (SSSR count). The van der Waals surface area contributed by atoms with E-state index in [1.54, 1.807) is 0 Å². The van der Waals surface area contributed by atoms with Gasteiger partial charge in [0.05, 0.1) is 6.61 Å². The lowest BCUT2D eigenvalue weighted by molar-refractivity contribution is -0.140. The zero-order chi connectivity index (χ0) is 8.81. The molecule has 0 aromatic heterocycles. The average molecular weight is 201 g/mol. The first-order chi connectivity index (χ1) is 5.79. The lowest BCUT2D eigenvalue weighted by Crippen LogP contribution is -2.02. The van der Waals surface area contributed by atoms with Crippen molar-refractivity contribution in [1.29, 1.82) is 0 Å². The third-order valence-corrected chi connectivity index (χ3v) is 1.54. The van der Waals surface area contributed by atoms with Crippen LogP contribution in [0.2, 0.25) is 0 Å². The molecule has 0 bridgehead atoms. The van der Waals surface area contributed by atoms with Gasteiger partial charge in [-0.3, -0.25) is 4.79 Å². The zero-order valence-corrected chi connectivity index (χ0v) is 8.34. The molecule has 0 amide bonds. The highest BCUT2D eigenvalue weighted by Gasteiger charge is 1.93. The Balaban J connectivity index is 0.00000144. The maximum atomic E-state index is 10.4. The van der Waals surface area contributed by atoms with E-state index in [1.165, 1.54) is 12.5 Å². The number of ether oxygens (including phenoxy) is 1. The molecule has 0 aliphatic carbocycles. The molecule has 0 aliphatic heterocycles. The van der Waals surface area contributed by atoms with E-state index in [2.05, 4.69) is 0 Å². The quantitative estimate of drug-likeness (QED) is 0.700. The van der Waals surface area contributed by atoms with Crippen LogP contribution in [0.1, 0.15) is 12.5 Å². The van der Waals surface area contributed by atoms with Crippen LogP contribution in [0.15, 0.2) is 30.3 Å². The molecule has 13 heavy (non-hydrogen) atoms. The molecule has 0 atom stereocenters. The monoisotopic (exact) mass is 200 g/mol. The average Bonchev–Trinajstić information content (AvgIpc) is 2.05. The maximum Gasteiger partial charge on any atom is 0.302 e. The van der Waals surface area contributed by atoms with Crippen molar-refractivity contribution in [2.75, 3.05) is 6.61 Å². The van der Waals surface area contributed by atoms with E-state index in [1.807, 2.05) is 30.3 Å². The normalized spacial score (nSPS) is 8.69. The lowest BCUT2D eigenvalue weighted by atomic mass is 10.2. The molecule has 0 N–H and O–H groups in total. The summed E-state index contributed by atoms with van der Waals surface area (Å²) >= 11 is 0. The maximum absolute atomic E-state index is 10.4. The van der Waals surface area contributed by atoms with E-state index in [0.717, 1.165) is 6.42 Å². The second-order valence-corrected chi connectivity index (χ2v) is 2.58. The van der Waals surface area contributed by atoms with Gasteiger partial charge in [0, 0.05) is 13.3 Å². The van der Waals surface area contributed by atoms with Gasteiger partial charge in [-0.2, -0.15) is 0 Å². The fourth-order valence-corrected chi connectivity index (χ4v) is 0.957. The van der Waals surface area contributed by atoms with Gasteiger partial charge in [-0.05, 0) is 5.56 Å². The SMILES string of the molecule is CC(=O)OCCc1ccccc1.Cl. The van der Waals surface area contributed by atoms with Gasteiger partial charge >= 0.3 is 5.97 Å². The molecule has 3 heteroatoms. The molecule has 0 heterocycles. The number of carbonyl (C=O) groups excluding carboxylic acids is 1. The summed E-state index contributed by atoms with van der Waals surface area (Å²) in [6, 6.07) is 9.95. The minimum absolute atomic E-state index is 0. The molecule has 0 unspecified atom stereocenters. The minimum atomic E-state index is -0.217. The van der Waals surface area contributed by atoms with Crippen LogP contribution in [0.25, 0.3) is 0 Å². The fourth-order valence-electron chi connectivity index (χ4n) is 0.957. The molecule has 1 aromatic carbocycles. The molecule has 0 saturated heterocycles. The standard InChI is InChI=1S/C10H12O2.ClH/c1-9(11)12-8-7-10-5-3-2-4-6-10;/h2-6H,7-8H2,1H3;1H. The van der Waals surface area contributed by atoms with Crippen molar-refractivity contribution in [3.63, 3.8) is 0 Å². The number of benzene rings is 1. The first kappa shape index (κ1) is 12.0. The Morgan fingerprint density at radius 3 is 2.46 bits per heavy atom. The molecule has 0 spiro atoms. The van der Waals surface area contributed by atoms with Crippen LogP contribution in [0.3, 0.4) is 0 Å². The third kappa shape index (κ3) is 5.26. The van der Waals surface area contributed by atoms with Crippen molar-refractivity contribution in [2.24, 2.45) is 0 Å². The number of halogens is 1. The summed E-state index contributed by atoms with van der Waals surface area (Å²) in [6.45, 7) is 1.89. The van der Waals surface area contributed by atoms with Gasteiger partial charge < -0.3 is 4.74 Å². The molecule has 1 aromatic rings. The third-order valence-electron chi connectivity index (χ3n) is 1.54. The summed E-state index contributed by atoms with van der Waals surface area (Å²) in [5.41, 5.74) is 1.19. The van der Waals surface area contributed by atoms with Crippen LogP contribution in [-0.4, -0.2) is 12.6 Å². The predicted molar refractivity (Wildman–Crippen MR) is 54.0 cm³/mol. The molecule has 72 valence electrons. The Bertz CT molecular complexity index is 246. The summed E-state index contributed by atoms with van der Waals surface area (Å²) in [6.07, 6.45) is 0.792. The number of hydrogen-bond donors (Lipinski definition) is 0. The summed E-state index contributed by atoms with van der Waals surface area (Å²) in [5.74, 6) is -0.217. The number of esters is 1. The summed E-state index contributed by atoms with van der Waals surface area (Å²) in [7, 11) is 0. The van der Waals surface area contributed by atoms with Gasteiger partial charge in [-0.15, -0.1) is 12.4 Å². The molecule has 0 aliphatic rings. The molecule has 0 saturated carbocycles. The smallest absolute Gasteiger partial charge is 0.302 e. The van der Waals surface area contributed by atoms with Crippen LogP contribution >= 0.6 is 12.4 Å². The van der Waals surface area contributed by atoms with Crippen molar-refractivity contribution in [3.05, 3.63) is 35.9 Å². The number of hydrogen-bond acceptors (Lipinski definition) is 2. The second kappa shape index (κ2) is 6.49. The fraction of sp³-hybridized carbons (Fsp3) is 0.300. The van der Waals surface area contributed by atoms with Crippen LogP contribution in [-0.2, 0) is 16.0 Å². The Hall–Kier alpha value is -1.02. The van der Waals surface area contributed by atoms with Crippen LogP contribution in [0.5, 0.6) is 0 Å². The topological polar surface area (TPSA) is 26.3 Å². The van der Waals surface area contributed by atoms with Crippen LogP contribution in [0.4, 0.5) is 0 Å². The van der Waals surface area contributed by atoms with Crippen molar-refractivity contribution in [1.82, 2.24) is 0 Å². The Labute approximate surface area is 84.3 Å².